The van der Waals surface area contributed by atoms with Gasteiger partial charge in [-0.15, -0.1) is 0 Å². The van der Waals surface area contributed by atoms with Gasteiger partial charge in [0.15, 0.2) is 0 Å². The summed E-state index contributed by atoms with van der Waals surface area (Å²) >= 11 is 0. The van der Waals surface area contributed by atoms with Crippen LogP contribution in [0.5, 0.6) is 0 Å². The largest absolute Gasteiger partial charge is 0.476 e. The summed E-state index contributed by atoms with van der Waals surface area (Å²) in [5.41, 5.74) is 0.547. The molecule has 9 nitrogen and oxygen atoms in total. The summed E-state index contributed by atoms with van der Waals surface area (Å²) < 4.78 is 2.76. The molecule has 100 valence electrons. The maximum absolute atomic E-state index is 10.9. The number of carboxylic acid groups (broad SMARTS) is 1. The summed E-state index contributed by atoms with van der Waals surface area (Å²) in [4.78, 5) is 20.8. The number of aromatic carboxylic acids is 1. The fraction of sp³-hybridized carbons (Fsp3) is 0.300. The molecule has 0 amide bonds. The smallest absolute Gasteiger partial charge is 0.363 e. The number of aromatic nitrogens is 4. The van der Waals surface area contributed by atoms with Gasteiger partial charge in [-0.25, -0.2) is 14.2 Å². The molecular formula is C10H11N5O4. The lowest BCUT2D eigenvalue weighted by atomic mass is 10.4. The molecule has 2 aromatic rings. The van der Waals surface area contributed by atoms with Crippen molar-refractivity contribution in [1.29, 1.82) is 0 Å². The second-order valence-corrected chi connectivity index (χ2v) is 4.03. The van der Waals surface area contributed by atoms with Gasteiger partial charge in [0.1, 0.15) is 12.9 Å². The predicted octanol–water partition coefficient (Wildman–Crippen LogP) is 0.809. The van der Waals surface area contributed by atoms with Crippen LogP contribution in [0.4, 0.5) is 5.69 Å². The van der Waals surface area contributed by atoms with E-state index in [1.807, 2.05) is 19.9 Å². The van der Waals surface area contributed by atoms with Crippen LogP contribution >= 0.6 is 0 Å². The van der Waals surface area contributed by atoms with Gasteiger partial charge in [-0.1, -0.05) is 0 Å². The highest BCUT2D eigenvalue weighted by molar-refractivity contribution is 5.89. The van der Waals surface area contributed by atoms with Crippen LogP contribution in [0.25, 0.3) is 0 Å². The Bertz CT molecular complexity index is 625. The first-order valence-corrected chi connectivity index (χ1v) is 5.34. The molecule has 1 N–H and O–H groups in total. The van der Waals surface area contributed by atoms with Crippen LogP contribution in [0.1, 0.15) is 21.9 Å². The van der Waals surface area contributed by atoms with E-state index in [9.17, 15) is 14.9 Å². The topological polar surface area (TPSA) is 116 Å². The number of carbonyl (C=O) groups is 1. The summed E-state index contributed by atoms with van der Waals surface area (Å²) in [7, 11) is 0. The van der Waals surface area contributed by atoms with E-state index in [1.54, 1.807) is 4.68 Å². The maximum atomic E-state index is 10.9. The molecule has 0 unspecified atom stereocenters. The molecule has 0 aromatic carbocycles. The van der Waals surface area contributed by atoms with Gasteiger partial charge in [0, 0.05) is 5.69 Å². The maximum Gasteiger partial charge on any atom is 0.363 e. The summed E-state index contributed by atoms with van der Waals surface area (Å²) in [5, 5.41) is 27.4. The molecule has 9 heteroatoms. The first-order valence-electron chi connectivity index (χ1n) is 5.34. The molecule has 0 fully saturated rings. The molecule has 0 radical (unpaired) electrons. The van der Waals surface area contributed by atoms with Gasteiger partial charge in [-0.05, 0) is 19.9 Å². The van der Waals surface area contributed by atoms with Crippen LogP contribution in [0.2, 0.25) is 0 Å². The molecule has 0 bridgehead atoms. The Kier molecular flexibility index (Phi) is 3.03. The van der Waals surface area contributed by atoms with Crippen LogP contribution in [-0.4, -0.2) is 35.6 Å². The molecule has 0 aliphatic heterocycles. The first-order chi connectivity index (χ1) is 8.88. The number of rotatable bonds is 4. The summed E-state index contributed by atoms with van der Waals surface area (Å²) in [5.74, 6) is -1.43. The van der Waals surface area contributed by atoms with Crippen LogP contribution < -0.4 is 0 Å². The van der Waals surface area contributed by atoms with Crippen LogP contribution in [0.3, 0.4) is 0 Å². The number of carboxylic acids is 1. The van der Waals surface area contributed by atoms with Crippen molar-refractivity contribution in [2.75, 3.05) is 0 Å². The normalized spacial score (nSPS) is 10.6. The zero-order valence-electron chi connectivity index (χ0n) is 10.3. The summed E-state index contributed by atoms with van der Waals surface area (Å²) in [6.07, 6.45) is 1.08. The average Bonchev–Trinajstić information content (AvgIpc) is 2.84. The predicted molar refractivity (Wildman–Crippen MR) is 62.9 cm³/mol. The van der Waals surface area contributed by atoms with Gasteiger partial charge < -0.3 is 5.11 Å². The van der Waals surface area contributed by atoms with Crippen LogP contribution in [-0.2, 0) is 6.67 Å². The summed E-state index contributed by atoms with van der Waals surface area (Å²) in [6.45, 7) is 3.77. The van der Waals surface area contributed by atoms with Crippen molar-refractivity contribution in [3.05, 3.63) is 39.5 Å². The van der Waals surface area contributed by atoms with Crippen molar-refractivity contribution in [2.45, 2.75) is 20.5 Å². The third-order valence-electron chi connectivity index (χ3n) is 2.52. The Morgan fingerprint density at radius 1 is 1.47 bits per heavy atom. The van der Waals surface area contributed by atoms with E-state index < -0.39 is 22.3 Å². The minimum Gasteiger partial charge on any atom is -0.476 e. The third-order valence-corrected chi connectivity index (χ3v) is 2.52. The molecule has 0 aliphatic carbocycles. The molecule has 2 rings (SSSR count). The Labute approximate surface area is 107 Å². The van der Waals surface area contributed by atoms with Crippen LogP contribution in [0.15, 0.2) is 12.3 Å². The van der Waals surface area contributed by atoms with Gasteiger partial charge in [0.2, 0.25) is 5.69 Å². The van der Waals surface area contributed by atoms with E-state index in [2.05, 4.69) is 10.2 Å². The van der Waals surface area contributed by atoms with E-state index in [1.165, 1.54) is 4.68 Å². The van der Waals surface area contributed by atoms with E-state index in [-0.39, 0.29) is 6.67 Å². The number of aryl methyl sites for hydroxylation is 2. The van der Waals surface area contributed by atoms with Gasteiger partial charge >= 0.3 is 11.7 Å². The molecule has 0 saturated carbocycles. The molecular weight excluding hydrogens is 254 g/mol. The molecule has 2 heterocycles. The molecule has 0 aliphatic rings. The number of hydrogen-bond acceptors (Lipinski definition) is 5. The first kappa shape index (κ1) is 12.7. The highest BCUT2D eigenvalue weighted by Crippen LogP contribution is 2.16. The highest BCUT2D eigenvalue weighted by atomic mass is 16.6. The van der Waals surface area contributed by atoms with E-state index in [0.717, 1.165) is 17.6 Å². The minimum atomic E-state index is -1.43. The van der Waals surface area contributed by atoms with Gasteiger partial charge in [0.05, 0.1) is 10.6 Å². The van der Waals surface area contributed by atoms with Crippen molar-refractivity contribution in [3.63, 3.8) is 0 Å². The molecule has 0 saturated heterocycles. The standard InChI is InChI=1S/C10H11N5O4/c1-6-3-7(2)14(11-6)5-13-4-8(15(18)19)9(12-13)10(16)17/h3-4H,5H2,1-2H3,(H,16,17). The highest BCUT2D eigenvalue weighted by Gasteiger charge is 2.25. The van der Waals surface area contributed by atoms with Gasteiger partial charge in [-0.3, -0.25) is 10.1 Å². The zero-order valence-corrected chi connectivity index (χ0v) is 10.3. The fourth-order valence-electron chi connectivity index (χ4n) is 1.72. The van der Waals surface area contributed by atoms with Gasteiger partial charge in [-0.2, -0.15) is 10.2 Å². The SMILES string of the molecule is Cc1cc(C)n(Cn2cc([N+](=O)[O-])c(C(=O)O)n2)n1. The van der Waals surface area contributed by atoms with Crippen molar-refractivity contribution < 1.29 is 14.8 Å². The third kappa shape index (κ3) is 2.44. The Morgan fingerprint density at radius 3 is 2.58 bits per heavy atom. The Morgan fingerprint density at radius 2 is 2.16 bits per heavy atom. The number of nitro groups is 1. The van der Waals surface area contributed by atoms with Crippen LogP contribution in [0, 0.1) is 24.0 Å². The molecule has 0 atom stereocenters. The molecule has 2 aromatic heterocycles. The number of nitrogens with zero attached hydrogens (tertiary/aromatic N) is 5. The molecule has 0 spiro atoms. The summed E-state index contributed by atoms with van der Waals surface area (Å²) in [6, 6.07) is 1.84. The van der Waals surface area contributed by atoms with Crippen molar-refractivity contribution in [2.24, 2.45) is 0 Å². The lowest BCUT2D eigenvalue weighted by Gasteiger charge is -2.03. The van der Waals surface area contributed by atoms with E-state index in [0.29, 0.717) is 0 Å². The van der Waals surface area contributed by atoms with Crippen molar-refractivity contribution >= 4 is 11.7 Å². The second-order valence-electron chi connectivity index (χ2n) is 4.03. The fourth-order valence-corrected chi connectivity index (χ4v) is 1.72. The lowest BCUT2D eigenvalue weighted by Crippen LogP contribution is -2.12. The van der Waals surface area contributed by atoms with E-state index in [4.69, 9.17) is 5.11 Å². The minimum absolute atomic E-state index is 0.119. The van der Waals surface area contributed by atoms with Gasteiger partial charge in [0.25, 0.3) is 0 Å². The average molecular weight is 265 g/mol. The van der Waals surface area contributed by atoms with E-state index >= 15 is 0 Å². The quantitative estimate of drug-likeness (QED) is 0.645. The van der Waals surface area contributed by atoms with Crippen molar-refractivity contribution in [1.82, 2.24) is 19.6 Å². The monoisotopic (exact) mass is 265 g/mol. The Hall–Kier alpha value is -2.71. The van der Waals surface area contributed by atoms with Crippen molar-refractivity contribution in [3.8, 4) is 0 Å². The number of hydrogen-bond donors (Lipinski definition) is 1. The Balaban J connectivity index is 2.36. The second kappa shape index (κ2) is 4.52. The zero-order chi connectivity index (χ0) is 14.2. The molecule has 19 heavy (non-hydrogen) atoms. The lowest BCUT2D eigenvalue weighted by molar-refractivity contribution is -0.385.